The van der Waals surface area contributed by atoms with Gasteiger partial charge in [-0.25, -0.2) is 19.4 Å². The van der Waals surface area contributed by atoms with Gasteiger partial charge in [-0.1, -0.05) is 0 Å². The van der Waals surface area contributed by atoms with Gasteiger partial charge < -0.3 is 28.4 Å². The van der Waals surface area contributed by atoms with E-state index in [1.165, 1.54) is 18.3 Å². The molecule has 3 heterocycles. The second kappa shape index (κ2) is 7.72. The van der Waals surface area contributed by atoms with Crippen LogP contribution in [-0.2, 0) is 28.4 Å². The predicted molar refractivity (Wildman–Crippen MR) is 81.0 cm³/mol. The van der Waals surface area contributed by atoms with Crippen molar-refractivity contribution in [1.82, 2.24) is 4.98 Å². The summed E-state index contributed by atoms with van der Waals surface area (Å²) in [6.45, 7) is 3.63. The topological polar surface area (TPSA) is 119 Å². The molecular formula is C16H15NO9. The van der Waals surface area contributed by atoms with Gasteiger partial charge in [-0.3, -0.25) is 0 Å². The number of ether oxygens (including phenoxy) is 6. The molecule has 2 atom stereocenters. The zero-order valence-electron chi connectivity index (χ0n) is 13.5. The molecule has 138 valence electrons. The minimum absolute atomic E-state index is 0.00380. The van der Waals surface area contributed by atoms with Gasteiger partial charge >= 0.3 is 18.1 Å². The van der Waals surface area contributed by atoms with Crippen molar-refractivity contribution in [2.75, 3.05) is 26.4 Å². The molecule has 0 saturated carbocycles. The SMILES string of the molecule is C=C1OCC(COC(=O)c2ccc(C(=O)OCC3COC(=O)O3)nc2)O1. The first-order valence-corrected chi connectivity index (χ1v) is 7.63. The minimum atomic E-state index is -0.800. The van der Waals surface area contributed by atoms with Gasteiger partial charge in [0.25, 0.3) is 5.95 Å². The summed E-state index contributed by atoms with van der Waals surface area (Å²) in [6, 6.07) is 2.71. The number of hydrogen-bond donors (Lipinski definition) is 0. The summed E-state index contributed by atoms with van der Waals surface area (Å²) in [6.07, 6.45) is -0.644. The second-order valence-corrected chi connectivity index (χ2v) is 5.35. The van der Waals surface area contributed by atoms with Crippen LogP contribution in [0.4, 0.5) is 4.79 Å². The van der Waals surface area contributed by atoms with Crippen LogP contribution >= 0.6 is 0 Å². The molecule has 0 amide bonds. The number of carbonyl (C=O) groups excluding carboxylic acids is 3. The molecule has 10 nitrogen and oxygen atoms in total. The number of pyridine rings is 1. The summed E-state index contributed by atoms with van der Waals surface area (Å²) in [7, 11) is 0. The quantitative estimate of drug-likeness (QED) is 0.529. The van der Waals surface area contributed by atoms with Crippen LogP contribution in [0.2, 0.25) is 0 Å². The first-order chi connectivity index (χ1) is 12.5. The smallest absolute Gasteiger partial charge is 0.462 e. The molecule has 2 saturated heterocycles. The Labute approximate surface area is 147 Å². The molecule has 3 rings (SSSR count). The van der Waals surface area contributed by atoms with Gasteiger partial charge in [-0.15, -0.1) is 0 Å². The Bertz CT molecular complexity index is 654. The van der Waals surface area contributed by atoms with E-state index in [0.717, 1.165) is 0 Å². The molecule has 0 radical (unpaired) electrons. The molecule has 0 spiro atoms. The van der Waals surface area contributed by atoms with Crippen molar-refractivity contribution >= 4 is 18.1 Å². The maximum absolute atomic E-state index is 11.9. The van der Waals surface area contributed by atoms with E-state index < -0.39 is 30.3 Å². The summed E-state index contributed by atoms with van der Waals surface area (Å²) < 4.78 is 29.5. The van der Waals surface area contributed by atoms with Crippen LogP contribution in [0.15, 0.2) is 30.9 Å². The van der Waals surface area contributed by atoms with E-state index in [1.807, 2.05) is 0 Å². The fourth-order valence-corrected chi connectivity index (χ4v) is 2.10. The Balaban J connectivity index is 1.46. The molecule has 2 aliphatic heterocycles. The van der Waals surface area contributed by atoms with E-state index in [1.54, 1.807) is 0 Å². The Morgan fingerprint density at radius 2 is 1.77 bits per heavy atom. The zero-order valence-corrected chi connectivity index (χ0v) is 13.5. The third-order valence-electron chi connectivity index (χ3n) is 3.39. The third kappa shape index (κ3) is 4.41. The van der Waals surface area contributed by atoms with Crippen LogP contribution in [0.3, 0.4) is 0 Å². The lowest BCUT2D eigenvalue weighted by Crippen LogP contribution is -2.22. The fourth-order valence-electron chi connectivity index (χ4n) is 2.10. The number of esters is 2. The van der Waals surface area contributed by atoms with Crippen molar-refractivity contribution in [2.24, 2.45) is 0 Å². The summed E-state index contributed by atoms with van der Waals surface area (Å²) in [5, 5.41) is 0. The van der Waals surface area contributed by atoms with Crippen LogP contribution < -0.4 is 0 Å². The van der Waals surface area contributed by atoms with Crippen molar-refractivity contribution in [3.8, 4) is 0 Å². The molecule has 1 aromatic rings. The number of nitrogens with zero attached hydrogens (tertiary/aromatic N) is 1. The zero-order chi connectivity index (χ0) is 18.5. The lowest BCUT2D eigenvalue weighted by Gasteiger charge is -2.09. The van der Waals surface area contributed by atoms with Gasteiger partial charge in [-0.2, -0.15) is 0 Å². The van der Waals surface area contributed by atoms with Crippen molar-refractivity contribution in [1.29, 1.82) is 0 Å². The molecule has 0 N–H and O–H groups in total. The summed E-state index contributed by atoms with van der Waals surface area (Å²) in [5.74, 6) is -1.15. The highest BCUT2D eigenvalue weighted by atomic mass is 16.8. The minimum Gasteiger partial charge on any atom is -0.462 e. The van der Waals surface area contributed by atoms with E-state index in [-0.39, 0.29) is 43.6 Å². The van der Waals surface area contributed by atoms with Crippen molar-refractivity contribution in [3.63, 3.8) is 0 Å². The number of aromatic nitrogens is 1. The standard InChI is InChI=1S/C16H15NO9/c1-9-21-5-11(25-9)6-22-14(18)10-2-3-13(17-4-10)15(19)23-7-12-8-24-16(20)26-12/h2-4,11-12H,1,5-8H2. The number of carbonyl (C=O) groups is 3. The van der Waals surface area contributed by atoms with Crippen LogP contribution in [0, 0.1) is 0 Å². The Kier molecular flexibility index (Phi) is 5.20. The second-order valence-electron chi connectivity index (χ2n) is 5.35. The van der Waals surface area contributed by atoms with Crippen LogP contribution in [0.25, 0.3) is 0 Å². The lowest BCUT2D eigenvalue weighted by molar-refractivity contribution is 0.0276. The molecule has 0 bridgehead atoms. The highest BCUT2D eigenvalue weighted by molar-refractivity contribution is 5.91. The lowest BCUT2D eigenvalue weighted by atomic mass is 10.2. The molecular weight excluding hydrogens is 350 g/mol. The first-order valence-electron chi connectivity index (χ1n) is 7.63. The van der Waals surface area contributed by atoms with E-state index in [2.05, 4.69) is 16.3 Å². The van der Waals surface area contributed by atoms with Crippen molar-refractivity contribution in [2.45, 2.75) is 12.2 Å². The van der Waals surface area contributed by atoms with Crippen molar-refractivity contribution in [3.05, 3.63) is 42.1 Å². The van der Waals surface area contributed by atoms with Gasteiger partial charge in [0.15, 0.2) is 12.2 Å². The van der Waals surface area contributed by atoms with Crippen LogP contribution in [-0.4, -0.2) is 61.7 Å². The molecule has 10 heteroatoms. The van der Waals surface area contributed by atoms with Gasteiger partial charge in [-0.05, 0) is 18.7 Å². The van der Waals surface area contributed by atoms with E-state index >= 15 is 0 Å². The average molecular weight is 365 g/mol. The van der Waals surface area contributed by atoms with Crippen molar-refractivity contribution < 1.29 is 42.8 Å². The fraction of sp³-hybridized carbons (Fsp3) is 0.375. The largest absolute Gasteiger partial charge is 0.508 e. The van der Waals surface area contributed by atoms with Crippen LogP contribution in [0.5, 0.6) is 0 Å². The summed E-state index contributed by atoms with van der Waals surface area (Å²) >= 11 is 0. The highest BCUT2D eigenvalue weighted by Gasteiger charge is 2.27. The average Bonchev–Trinajstić information content (AvgIpc) is 3.25. The molecule has 0 aliphatic carbocycles. The van der Waals surface area contributed by atoms with Crippen LogP contribution in [0.1, 0.15) is 20.8 Å². The Morgan fingerprint density at radius 1 is 1.08 bits per heavy atom. The third-order valence-corrected chi connectivity index (χ3v) is 3.39. The monoisotopic (exact) mass is 365 g/mol. The van der Waals surface area contributed by atoms with E-state index in [0.29, 0.717) is 0 Å². The molecule has 2 unspecified atom stereocenters. The molecule has 0 aromatic carbocycles. The van der Waals surface area contributed by atoms with Gasteiger partial charge in [0, 0.05) is 6.20 Å². The molecule has 2 aliphatic rings. The van der Waals surface area contributed by atoms with Gasteiger partial charge in [0.2, 0.25) is 0 Å². The molecule has 2 fully saturated rings. The van der Waals surface area contributed by atoms with Gasteiger partial charge in [0.05, 0.1) is 5.56 Å². The normalized spacial score (nSPS) is 21.2. The number of rotatable bonds is 6. The predicted octanol–water partition coefficient (Wildman–Crippen LogP) is 0.817. The first kappa shape index (κ1) is 17.5. The highest BCUT2D eigenvalue weighted by Crippen LogP contribution is 2.14. The van der Waals surface area contributed by atoms with Gasteiger partial charge in [0.1, 0.15) is 32.1 Å². The summed E-state index contributed by atoms with van der Waals surface area (Å²) in [4.78, 5) is 38.4. The maximum Gasteiger partial charge on any atom is 0.508 e. The maximum atomic E-state index is 11.9. The Hall–Kier alpha value is -3.30. The van der Waals surface area contributed by atoms with E-state index in [4.69, 9.17) is 23.7 Å². The number of hydrogen-bond acceptors (Lipinski definition) is 10. The Morgan fingerprint density at radius 3 is 2.35 bits per heavy atom. The number of cyclic esters (lactones) is 2. The molecule has 1 aromatic heterocycles. The molecule has 26 heavy (non-hydrogen) atoms. The summed E-state index contributed by atoms with van der Waals surface area (Å²) in [5.41, 5.74) is 0.160. The van der Waals surface area contributed by atoms with E-state index in [9.17, 15) is 14.4 Å².